The molecule has 1 amide bonds. The first-order valence-electron chi connectivity index (χ1n) is 10.0. The lowest BCUT2D eigenvalue weighted by Crippen LogP contribution is -2.38. The van der Waals surface area contributed by atoms with Gasteiger partial charge in [0.05, 0.1) is 18.8 Å². The number of hydrogen-bond donors (Lipinski definition) is 2. The molecule has 0 bridgehead atoms. The average molecular weight is 543 g/mol. The maximum atomic E-state index is 10.9. The molecule has 0 saturated carbocycles. The van der Waals surface area contributed by atoms with Crippen LogP contribution in [0.2, 0.25) is 0 Å². The van der Waals surface area contributed by atoms with Crippen LogP contribution in [-0.2, 0) is 30.7 Å². The number of guanidine groups is 1. The van der Waals surface area contributed by atoms with Gasteiger partial charge in [-0.25, -0.2) is 9.98 Å². The summed E-state index contributed by atoms with van der Waals surface area (Å²) in [7, 11) is 2.04. The van der Waals surface area contributed by atoms with Crippen molar-refractivity contribution in [3.05, 3.63) is 45.4 Å². The van der Waals surface area contributed by atoms with Gasteiger partial charge in [-0.15, -0.1) is 35.3 Å². The van der Waals surface area contributed by atoms with Gasteiger partial charge in [-0.1, -0.05) is 12.1 Å². The van der Waals surface area contributed by atoms with Gasteiger partial charge in [0.2, 0.25) is 0 Å². The first-order valence-corrected chi connectivity index (χ1v) is 10.8. The number of thiazole rings is 1. The molecular formula is C21H30IN5O2S. The molecule has 1 heterocycles. The number of nitrogens with one attached hydrogen (secondary N) is 1. The second kappa shape index (κ2) is 12.1. The molecule has 1 aliphatic carbocycles. The van der Waals surface area contributed by atoms with Crippen LogP contribution in [0.1, 0.15) is 40.9 Å². The van der Waals surface area contributed by atoms with Crippen molar-refractivity contribution < 1.29 is 9.53 Å². The Bertz CT molecular complexity index is 847. The molecule has 30 heavy (non-hydrogen) atoms. The molecule has 7 nitrogen and oxygen atoms in total. The number of hydrogen-bond acceptors (Lipinski definition) is 5. The van der Waals surface area contributed by atoms with E-state index in [1.165, 1.54) is 29.8 Å². The van der Waals surface area contributed by atoms with Gasteiger partial charge in [0, 0.05) is 18.5 Å². The number of fused-ring (bicyclic) bond motifs is 1. The predicted molar refractivity (Wildman–Crippen MR) is 132 cm³/mol. The smallest absolute Gasteiger partial charge is 0.255 e. The first kappa shape index (κ1) is 24.4. The molecule has 0 saturated heterocycles. The summed E-state index contributed by atoms with van der Waals surface area (Å²) in [6.07, 6.45) is 4.80. The largest absolute Gasteiger partial charge is 0.484 e. The summed E-state index contributed by atoms with van der Waals surface area (Å²) >= 11 is 1.83. The lowest BCUT2D eigenvalue weighted by Gasteiger charge is -2.21. The molecule has 3 N–H and O–H groups in total. The summed E-state index contributed by atoms with van der Waals surface area (Å²) in [6, 6.07) is 7.56. The molecule has 1 aromatic carbocycles. The van der Waals surface area contributed by atoms with E-state index in [-0.39, 0.29) is 30.6 Å². The highest BCUT2D eigenvalue weighted by Gasteiger charge is 2.17. The zero-order valence-corrected chi connectivity index (χ0v) is 20.7. The third kappa shape index (κ3) is 7.12. The zero-order chi connectivity index (χ0) is 20.6. The van der Waals surface area contributed by atoms with Gasteiger partial charge in [0.15, 0.2) is 12.6 Å². The third-order valence-electron chi connectivity index (χ3n) is 4.65. The molecule has 0 fully saturated rings. The summed E-state index contributed by atoms with van der Waals surface area (Å²) in [4.78, 5) is 24.1. The van der Waals surface area contributed by atoms with Crippen LogP contribution >= 0.6 is 35.3 Å². The molecule has 2 aromatic rings. The number of carbonyl (C=O) groups is 1. The molecule has 0 radical (unpaired) electrons. The molecule has 0 aliphatic heterocycles. The lowest BCUT2D eigenvalue weighted by atomic mass is 10.0. The number of nitrogens with zero attached hydrogens (tertiary/aromatic N) is 3. The van der Waals surface area contributed by atoms with Crippen LogP contribution in [0.25, 0.3) is 0 Å². The van der Waals surface area contributed by atoms with Gasteiger partial charge in [0.1, 0.15) is 10.8 Å². The van der Waals surface area contributed by atoms with Crippen molar-refractivity contribution in [1.82, 2.24) is 15.2 Å². The molecule has 0 unspecified atom stereocenters. The zero-order valence-electron chi connectivity index (χ0n) is 17.5. The quantitative estimate of drug-likeness (QED) is 0.303. The van der Waals surface area contributed by atoms with E-state index in [1.54, 1.807) is 6.07 Å². The maximum absolute atomic E-state index is 10.9. The van der Waals surface area contributed by atoms with Gasteiger partial charge in [-0.05, 0) is 50.3 Å². The Hall–Kier alpha value is -1.88. The van der Waals surface area contributed by atoms with E-state index in [9.17, 15) is 4.79 Å². The Morgan fingerprint density at radius 3 is 2.90 bits per heavy atom. The van der Waals surface area contributed by atoms with Crippen LogP contribution in [0.4, 0.5) is 0 Å². The van der Waals surface area contributed by atoms with E-state index in [4.69, 9.17) is 20.4 Å². The number of primary amides is 1. The molecule has 9 heteroatoms. The first-order chi connectivity index (χ1) is 14.0. The van der Waals surface area contributed by atoms with E-state index >= 15 is 0 Å². The monoisotopic (exact) mass is 543 g/mol. The summed E-state index contributed by atoms with van der Waals surface area (Å²) in [5, 5.41) is 4.49. The fraction of sp³-hybridized carbons (Fsp3) is 0.476. The average Bonchev–Trinajstić information content (AvgIpc) is 3.12. The number of rotatable bonds is 8. The van der Waals surface area contributed by atoms with Crippen LogP contribution in [0.15, 0.2) is 29.3 Å². The van der Waals surface area contributed by atoms with Crippen molar-refractivity contribution >= 4 is 47.2 Å². The Labute approximate surface area is 199 Å². The number of halogens is 1. The summed E-state index contributed by atoms with van der Waals surface area (Å²) in [5.41, 5.74) is 7.43. The van der Waals surface area contributed by atoms with E-state index in [1.807, 2.05) is 36.6 Å². The third-order valence-corrected chi connectivity index (χ3v) is 5.79. The van der Waals surface area contributed by atoms with Crippen LogP contribution in [0.5, 0.6) is 5.75 Å². The van der Waals surface area contributed by atoms with E-state index in [0.29, 0.717) is 12.3 Å². The van der Waals surface area contributed by atoms with Gasteiger partial charge in [-0.2, -0.15) is 0 Å². The fourth-order valence-electron chi connectivity index (χ4n) is 3.27. The number of amides is 1. The van der Waals surface area contributed by atoms with Crippen LogP contribution < -0.4 is 15.8 Å². The maximum Gasteiger partial charge on any atom is 0.255 e. The number of benzene rings is 1. The van der Waals surface area contributed by atoms with Crippen molar-refractivity contribution in [3.63, 3.8) is 0 Å². The van der Waals surface area contributed by atoms with Crippen molar-refractivity contribution in [2.24, 2.45) is 10.7 Å². The molecule has 3 rings (SSSR count). The summed E-state index contributed by atoms with van der Waals surface area (Å²) in [6.45, 7) is 3.97. The second-order valence-corrected chi connectivity index (χ2v) is 8.28. The van der Waals surface area contributed by atoms with Crippen LogP contribution in [0, 0.1) is 0 Å². The fourth-order valence-corrected chi connectivity index (χ4v) is 4.49. The lowest BCUT2D eigenvalue weighted by molar-refractivity contribution is -0.119. The van der Waals surface area contributed by atoms with Crippen molar-refractivity contribution in [2.45, 2.75) is 45.7 Å². The van der Waals surface area contributed by atoms with Gasteiger partial charge in [-0.3, -0.25) is 4.79 Å². The number of aryl methyl sites for hydroxylation is 2. The minimum Gasteiger partial charge on any atom is -0.484 e. The minimum absolute atomic E-state index is 0. The predicted octanol–water partition coefficient (Wildman–Crippen LogP) is 3.10. The Kier molecular flexibility index (Phi) is 9.83. The number of carbonyl (C=O) groups excluding carboxylic acids is 1. The van der Waals surface area contributed by atoms with E-state index < -0.39 is 5.91 Å². The van der Waals surface area contributed by atoms with Gasteiger partial charge < -0.3 is 20.7 Å². The normalized spacial score (nSPS) is 13.2. The molecular weight excluding hydrogens is 513 g/mol. The summed E-state index contributed by atoms with van der Waals surface area (Å²) < 4.78 is 5.37. The topological polar surface area (TPSA) is 92.8 Å². The minimum atomic E-state index is -0.492. The molecule has 0 atom stereocenters. The molecule has 164 valence electrons. The Balaban J connectivity index is 0.00000320. The van der Waals surface area contributed by atoms with E-state index in [2.05, 4.69) is 17.1 Å². The summed E-state index contributed by atoms with van der Waals surface area (Å²) in [5.74, 6) is 0.959. The highest BCUT2D eigenvalue weighted by molar-refractivity contribution is 14.0. The second-order valence-electron chi connectivity index (χ2n) is 7.11. The van der Waals surface area contributed by atoms with Crippen LogP contribution in [-0.4, -0.2) is 41.9 Å². The van der Waals surface area contributed by atoms with Gasteiger partial charge in [0.25, 0.3) is 5.91 Å². The molecule has 0 spiro atoms. The number of aromatic nitrogens is 1. The Morgan fingerprint density at radius 2 is 2.17 bits per heavy atom. The van der Waals surface area contributed by atoms with Crippen molar-refractivity contribution in [3.8, 4) is 5.75 Å². The number of ether oxygens (including phenoxy) is 1. The SMILES string of the molecule is CCNC(=NCc1cccc(OCC(N)=O)c1)N(C)Cc1nc2c(s1)CCCC2.I. The molecule has 1 aliphatic rings. The standard InChI is InChI=1S/C21H29N5O2S.HI/c1-3-23-21(24-12-15-7-6-8-16(11-15)28-14-19(22)27)26(2)13-20-25-17-9-4-5-10-18(17)29-20;/h6-8,11H,3-5,9-10,12-14H2,1-2H3,(H2,22,27)(H,23,24);1H. The van der Waals surface area contributed by atoms with Crippen LogP contribution in [0.3, 0.4) is 0 Å². The number of nitrogens with two attached hydrogens (primary N) is 1. The Morgan fingerprint density at radius 1 is 1.37 bits per heavy atom. The number of aliphatic imine (C=N–C) groups is 1. The highest BCUT2D eigenvalue weighted by Crippen LogP contribution is 2.27. The highest BCUT2D eigenvalue weighted by atomic mass is 127. The van der Waals surface area contributed by atoms with Crippen molar-refractivity contribution in [1.29, 1.82) is 0 Å². The molecule has 1 aromatic heterocycles. The van der Waals surface area contributed by atoms with Gasteiger partial charge >= 0.3 is 0 Å². The van der Waals surface area contributed by atoms with Crippen molar-refractivity contribution in [2.75, 3.05) is 20.2 Å². The van der Waals surface area contributed by atoms with E-state index in [0.717, 1.165) is 36.0 Å².